The predicted molar refractivity (Wildman–Crippen MR) is 54.7 cm³/mol. The van der Waals surface area contributed by atoms with Crippen molar-refractivity contribution in [1.29, 1.82) is 0 Å². The molecule has 0 aromatic carbocycles. The van der Waals surface area contributed by atoms with E-state index in [9.17, 15) is 0 Å². The fourth-order valence-electron chi connectivity index (χ4n) is 1.61. The van der Waals surface area contributed by atoms with Gasteiger partial charge in [-0.05, 0) is 31.5 Å². The number of rotatable bonds is 2. The second-order valence-corrected chi connectivity index (χ2v) is 4.54. The SMILES string of the molecule is CNC(c1ccc(C)o1)C(C)(C)C. The Morgan fingerprint density at radius 3 is 2.23 bits per heavy atom. The van der Waals surface area contributed by atoms with Gasteiger partial charge in [0, 0.05) is 0 Å². The lowest BCUT2D eigenvalue weighted by atomic mass is 9.85. The normalized spacial score (nSPS) is 14.5. The summed E-state index contributed by atoms with van der Waals surface area (Å²) in [5.74, 6) is 1.99. The van der Waals surface area contributed by atoms with Gasteiger partial charge in [0.15, 0.2) is 0 Å². The molecule has 1 N–H and O–H groups in total. The van der Waals surface area contributed by atoms with Gasteiger partial charge in [0.25, 0.3) is 0 Å². The Morgan fingerprint density at radius 2 is 1.92 bits per heavy atom. The lowest BCUT2D eigenvalue weighted by Gasteiger charge is -2.28. The van der Waals surface area contributed by atoms with E-state index in [1.54, 1.807) is 0 Å². The maximum absolute atomic E-state index is 5.60. The Hall–Kier alpha value is -0.760. The lowest BCUT2D eigenvalue weighted by molar-refractivity contribution is 0.247. The number of nitrogens with one attached hydrogen (secondary N) is 1. The second-order valence-electron chi connectivity index (χ2n) is 4.54. The highest BCUT2D eigenvalue weighted by Crippen LogP contribution is 2.32. The summed E-state index contributed by atoms with van der Waals surface area (Å²) in [4.78, 5) is 0. The molecular weight excluding hydrogens is 162 g/mol. The van der Waals surface area contributed by atoms with Crippen molar-refractivity contribution in [2.75, 3.05) is 7.05 Å². The Morgan fingerprint density at radius 1 is 1.31 bits per heavy atom. The van der Waals surface area contributed by atoms with Crippen LogP contribution < -0.4 is 5.32 Å². The summed E-state index contributed by atoms with van der Waals surface area (Å²) in [6, 6.07) is 4.33. The third kappa shape index (κ3) is 2.34. The molecule has 0 spiro atoms. The molecule has 1 atom stereocenters. The first-order chi connectivity index (χ1) is 5.95. The molecule has 1 heterocycles. The Labute approximate surface area is 80.3 Å². The van der Waals surface area contributed by atoms with Crippen LogP contribution in [0.5, 0.6) is 0 Å². The molecular formula is C11H19NO. The van der Waals surface area contributed by atoms with Crippen molar-refractivity contribution in [2.45, 2.75) is 33.7 Å². The van der Waals surface area contributed by atoms with Gasteiger partial charge in [-0.2, -0.15) is 0 Å². The van der Waals surface area contributed by atoms with Crippen LogP contribution in [0.4, 0.5) is 0 Å². The quantitative estimate of drug-likeness (QED) is 0.759. The standard InChI is InChI=1S/C11H19NO/c1-8-6-7-9(13-8)10(12-5)11(2,3)4/h6-7,10,12H,1-5H3. The fraction of sp³-hybridized carbons (Fsp3) is 0.636. The number of aryl methyl sites for hydroxylation is 1. The van der Waals surface area contributed by atoms with Gasteiger partial charge >= 0.3 is 0 Å². The van der Waals surface area contributed by atoms with Crippen LogP contribution in [-0.2, 0) is 0 Å². The maximum Gasteiger partial charge on any atom is 0.121 e. The first-order valence-electron chi connectivity index (χ1n) is 4.68. The highest BCUT2D eigenvalue weighted by Gasteiger charge is 2.26. The zero-order valence-electron chi connectivity index (χ0n) is 9.14. The average molecular weight is 181 g/mol. The highest BCUT2D eigenvalue weighted by molar-refractivity contribution is 5.11. The molecule has 2 nitrogen and oxygen atoms in total. The van der Waals surface area contributed by atoms with Crippen LogP contribution in [-0.4, -0.2) is 7.05 Å². The molecule has 1 aromatic heterocycles. The van der Waals surface area contributed by atoms with Crippen LogP contribution in [0, 0.1) is 12.3 Å². The number of furan rings is 1. The van der Waals surface area contributed by atoms with E-state index in [4.69, 9.17) is 4.42 Å². The highest BCUT2D eigenvalue weighted by atomic mass is 16.3. The summed E-state index contributed by atoms with van der Waals surface area (Å²) < 4.78 is 5.60. The van der Waals surface area contributed by atoms with Gasteiger partial charge in [0.05, 0.1) is 6.04 Å². The van der Waals surface area contributed by atoms with E-state index < -0.39 is 0 Å². The average Bonchev–Trinajstić information content (AvgIpc) is 2.34. The lowest BCUT2D eigenvalue weighted by Crippen LogP contribution is -2.29. The van der Waals surface area contributed by atoms with Crippen molar-refractivity contribution in [3.05, 3.63) is 23.7 Å². The summed E-state index contributed by atoms with van der Waals surface area (Å²) in [7, 11) is 1.97. The first-order valence-corrected chi connectivity index (χ1v) is 4.68. The zero-order valence-corrected chi connectivity index (χ0v) is 9.14. The van der Waals surface area contributed by atoms with E-state index in [-0.39, 0.29) is 11.5 Å². The van der Waals surface area contributed by atoms with Gasteiger partial charge in [-0.1, -0.05) is 20.8 Å². The molecule has 0 bridgehead atoms. The monoisotopic (exact) mass is 181 g/mol. The van der Waals surface area contributed by atoms with Crippen LogP contribution in [0.1, 0.15) is 38.3 Å². The van der Waals surface area contributed by atoms with Crippen LogP contribution in [0.15, 0.2) is 16.5 Å². The van der Waals surface area contributed by atoms with Gasteiger partial charge in [0.1, 0.15) is 11.5 Å². The van der Waals surface area contributed by atoms with Gasteiger partial charge in [-0.15, -0.1) is 0 Å². The van der Waals surface area contributed by atoms with E-state index in [1.807, 2.05) is 26.1 Å². The van der Waals surface area contributed by atoms with Gasteiger partial charge in [0.2, 0.25) is 0 Å². The Kier molecular flexibility index (Phi) is 2.81. The minimum Gasteiger partial charge on any atom is -0.465 e. The third-order valence-corrected chi connectivity index (χ3v) is 2.20. The van der Waals surface area contributed by atoms with Gasteiger partial charge in [-0.3, -0.25) is 0 Å². The van der Waals surface area contributed by atoms with Crippen molar-refractivity contribution in [3.63, 3.8) is 0 Å². The van der Waals surface area contributed by atoms with E-state index in [1.165, 1.54) is 0 Å². The minimum atomic E-state index is 0.180. The van der Waals surface area contributed by atoms with Crippen molar-refractivity contribution < 1.29 is 4.42 Å². The molecule has 0 saturated carbocycles. The van der Waals surface area contributed by atoms with Crippen molar-refractivity contribution in [1.82, 2.24) is 5.32 Å². The Balaban J connectivity index is 2.91. The van der Waals surface area contributed by atoms with E-state index in [0.29, 0.717) is 0 Å². The smallest absolute Gasteiger partial charge is 0.121 e. The molecule has 0 aliphatic rings. The first kappa shape index (κ1) is 10.3. The summed E-state index contributed by atoms with van der Waals surface area (Å²) in [5, 5.41) is 3.28. The van der Waals surface area contributed by atoms with Crippen molar-refractivity contribution in [3.8, 4) is 0 Å². The largest absolute Gasteiger partial charge is 0.465 e. The molecule has 13 heavy (non-hydrogen) atoms. The summed E-state index contributed by atoms with van der Waals surface area (Å²) in [5.41, 5.74) is 0.180. The van der Waals surface area contributed by atoms with Gasteiger partial charge < -0.3 is 9.73 Å². The third-order valence-electron chi connectivity index (χ3n) is 2.20. The summed E-state index contributed by atoms with van der Waals surface area (Å²) in [6.07, 6.45) is 0. The van der Waals surface area contributed by atoms with Gasteiger partial charge in [-0.25, -0.2) is 0 Å². The fourth-order valence-corrected chi connectivity index (χ4v) is 1.61. The van der Waals surface area contributed by atoms with Crippen molar-refractivity contribution in [2.24, 2.45) is 5.41 Å². The molecule has 74 valence electrons. The molecule has 2 heteroatoms. The minimum absolute atomic E-state index is 0.180. The summed E-state index contributed by atoms with van der Waals surface area (Å²) in [6.45, 7) is 8.57. The molecule has 0 fully saturated rings. The Bertz CT molecular complexity index is 270. The molecule has 1 aromatic rings. The van der Waals surface area contributed by atoms with Crippen LogP contribution in [0.25, 0.3) is 0 Å². The number of hydrogen-bond acceptors (Lipinski definition) is 2. The molecule has 0 aliphatic carbocycles. The molecule has 0 aliphatic heterocycles. The molecule has 0 saturated heterocycles. The van der Waals surface area contributed by atoms with Crippen molar-refractivity contribution >= 4 is 0 Å². The van der Waals surface area contributed by atoms with E-state index in [2.05, 4.69) is 26.1 Å². The van der Waals surface area contributed by atoms with E-state index >= 15 is 0 Å². The number of hydrogen-bond donors (Lipinski definition) is 1. The summed E-state index contributed by atoms with van der Waals surface area (Å²) >= 11 is 0. The zero-order chi connectivity index (χ0) is 10.1. The van der Waals surface area contributed by atoms with E-state index in [0.717, 1.165) is 11.5 Å². The molecule has 1 rings (SSSR count). The predicted octanol–water partition coefficient (Wildman–Crippen LogP) is 2.89. The second kappa shape index (κ2) is 3.54. The topological polar surface area (TPSA) is 25.2 Å². The molecule has 0 amide bonds. The van der Waals surface area contributed by atoms with Crippen LogP contribution >= 0.6 is 0 Å². The molecule has 1 unspecified atom stereocenters. The molecule has 0 radical (unpaired) electrons. The van der Waals surface area contributed by atoms with Crippen LogP contribution in [0.2, 0.25) is 0 Å². The maximum atomic E-state index is 5.60. The van der Waals surface area contributed by atoms with Crippen LogP contribution in [0.3, 0.4) is 0 Å².